The first kappa shape index (κ1) is 17.8. The molecule has 0 radical (unpaired) electrons. The summed E-state index contributed by atoms with van der Waals surface area (Å²) in [6, 6.07) is 5.40. The normalized spacial score (nSPS) is 11.4. The van der Waals surface area contributed by atoms with Crippen molar-refractivity contribution in [2.24, 2.45) is 0 Å². The van der Waals surface area contributed by atoms with E-state index in [0.29, 0.717) is 11.8 Å². The Morgan fingerprint density at radius 3 is 2.50 bits per heavy atom. The number of hydrogen-bond donors (Lipinski definition) is 2. The van der Waals surface area contributed by atoms with E-state index in [0.717, 1.165) is 5.69 Å². The molecule has 8 heteroatoms. The fraction of sp³-hybridized carbons (Fsp3) is 0.278. The van der Waals surface area contributed by atoms with Gasteiger partial charge in [0.15, 0.2) is 0 Å². The lowest BCUT2D eigenvalue weighted by Crippen LogP contribution is -2.21. The molecule has 0 aliphatic carbocycles. The number of rotatable bonds is 5. The van der Waals surface area contributed by atoms with Gasteiger partial charge in [-0.2, -0.15) is 10.1 Å². The van der Waals surface area contributed by atoms with Crippen LogP contribution in [0.2, 0.25) is 0 Å². The van der Waals surface area contributed by atoms with Crippen LogP contribution in [0, 0.1) is 11.6 Å². The SMILES string of the molecule is CC(C)(C)n1cc(Nc2nccc(NCc3c(F)cccc3F)n2)cn1. The van der Waals surface area contributed by atoms with Gasteiger partial charge in [0.2, 0.25) is 5.95 Å². The van der Waals surface area contributed by atoms with Crippen LogP contribution in [-0.4, -0.2) is 19.7 Å². The second-order valence-corrected chi connectivity index (χ2v) is 6.79. The van der Waals surface area contributed by atoms with E-state index in [1.54, 1.807) is 18.5 Å². The van der Waals surface area contributed by atoms with E-state index < -0.39 is 11.6 Å². The molecule has 0 aliphatic rings. The zero-order valence-corrected chi connectivity index (χ0v) is 14.8. The van der Waals surface area contributed by atoms with Crippen molar-refractivity contribution < 1.29 is 8.78 Å². The highest BCUT2D eigenvalue weighted by Crippen LogP contribution is 2.19. The van der Waals surface area contributed by atoms with Crippen molar-refractivity contribution in [3.63, 3.8) is 0 Å². The van der Waals surface area contributed by atoms with Crippen LogP contribution >= 0.6 is 0 Å². The average Bonchev–Trinajstić information content (AvgIpc) is 3.03. The number of benzene rings is 1. The summed E-state index contributed by atoms with van der Waals surface area (Å²) in [5, 5.41) is 10.3. The lowest BCUT2D eigenvalue weighted by atomic mass is 10.1. The van der Waals surface area contributed by atoms with Crippen LogP contribution in [0.15, 0.2) is 42.9 Å². The summed E-state index contributed by atoms with van der Waals surface area (Å²) in [4.78, 5) is 8.45. The van der Waals surface area contributed by atoms with Gasteiger partial charge in [0, 0.05) is 24.5 Å². The molecule has 0 spiro atoms. The van der Waals surface area contributed by atoms with E-state index in [1.165, 1.54) is 18.2 Å². The zero-order valence-electron chi connectivity index (χ0n) is 14.8. The maximum absolute atomic E-state index is 13.7. The van der Waals surface area contributed by atoms with Gasteiger partial charge >= 0.3 is 0 Å². The van der Waals surface area contributed by atoms with Gasteiger partial charge in [-0.1, -0.05) is 6.07 Å². The highest BCUT2D eigenvalue weighted by atomic mass is 19.1. The molecule has 3 aromatic rings. The third-order valence-corrected chi connectivity index (χ3v) is 3.69. The van der Waals surface area contributed by atoms with Crippen molar-refractivity contribution in [2.75, 3.05) is 10.6 Å². The van der Waals surface area contributed by atoms with E-state index in [4.69, 9.17) is 0 Å². The van der Waals surface area contributed by atoms with E-state index in [1.807, 2.05) is 31.6 Å². The molecule has 2 N–H and O–H groups in total. The lowest BCUT2D eigenvalue weighted by Gasteiger charge is -2.18. The van der Waals surface area contributed by atoms with Crippen LogP contribution in [0.5, 0.6) is 0 Å². The van der Waals surface area contributed by atoms with Crippen molar-refractivity contribution in [3.8, 4) is 0 Å². The molecule has 3 rings (SSSR count). The Kier molecular flexibility index (Phi) is 4.83. The van der Waals surface area contributed by atoms with Crippen LogP contribution < -0.4 is 10.6 Å². The number of nitrogens with one attached hydrogen (secondary N) is 2. The Morgan fingerprint density at radius 2 is 1.85 bits per heavy atom. The van der Waals surface area contributed by atoms with Crippen molar-refractivity contribution in [1.29, 1.82) is 0 Å². The Labute approximate surface area is 150 Å². The second kappa shape index (κ2) is 7.07. The zero-order chi connectivity index (χ0) is 18.7. The molecule has 136 valence electrons. The van der Waals surface area contributed by atoms with E-state index in [-0.39, 0.29) is 17.6 Å². The van der Waals surface area contributed by atoms with Gasteiger partial charge in [0.25, 0.3) is 0 Å². The highest BCUT2D eigenvalue weighted by molar-refractivity contribution is 5.52. The molecule has 0 aliphatic heterocycles. The molecule has 6 nitrogen and oxygen atoms in total. The van der Waals surface area contributed by atoms with Gasteiger partial charge in [0.05, 0.1) is 17.4 Å². The van der Waals surface area contributed by atoms with E-state index >= 15 is 0 Å². The number of hydrogen-bond acceptors (Lipinski definition) is 5. The van der Waals surface area contributed by atoms with Crippen molar-refractivity contribution >= 4 is 17.5 Å². The summed E-state index contributed by atoms with van der Waals surface area (Å²) >= 11 is 0. The van der Waals surface area contributed by atoms with Crippen molar-refractivity contribution in [1.82, 2.24) is 19.7 Å². The van der Waals surface area contributed by atoms with Crippen LogP contribution in [0.25, 0.3) is 0 Å². The maximum Gasteiger partial charge on any atom is 0.229 e. The minimum Gasteiger partial charge on any atom is -0.366 e. The molecule has 0 bridgehead atoms. The van der Waals surface area contributed by atoms with Crippen LogP contribution in [0.3, 0.4) is 0 Å². The van der Waals surface area contributed by atoms with Gasteiger partial charge in [-0.3, -0.25) is 4.68 Å². The fourth-order valence-electron chi connectivity index (χ4n) is 2.28. The molecule has 0 amide bonds. The third kappa shape index (κ3) is 4.14. The number of halogens is 2. The molecule has 0 unspecified atom stereocenters. The smallest absolute Gasteiger partial charge is 0.229 e. The molecule has 0 saturated heterocycles. The molecule has 0 fully saturated rings. The minimum absolute atomic E-state index is 0.0169. The molecule has 1 aromatic carbocycles. The molecule has 0 atom stereocenters. The molecule has 26 heavy (non-hydrogen) atoms. The van der Waals surface area contributed by atoms with Gasteiger partial charge in [-0.15, -0.1) is 0 Å². The van der Waals surface area contributed by atoms with Crippen LogP contribution in [0.1, 0.15) is 26.3 Å². The molecular formula is C18H20F2N6. The van der Waals surface area contributed by atoms with Gasteiger partial charge in [0.1, 0.15) is 17.5 Å². The van der Waals surface area contributed by atoms with Crippen molar-refractivity contribution in [2.45, 2.75) is 32.9 Å². The summed E-state index contributed by atoms with van der Waals surface area (Å²) in [7, 11) is 0. The fourth-order valence-corrected chi connectivity index (χ4v) is 2.28. The van der Waals surface area contributed by atoms with Crippen LogP contribution in [-0.2, 0) is 12.1 Å². The highest BCUT2D eigenvalue weighted by Gasteiger charge is 2.14. The van der Waals surface area contributed by atoms with E-state index in [2.05, 4.69) is 25.7 Å². The predicted molar refractivity (Wildman–Crippen MR) is 96.2 cm³/mol. The maximum atomic E-state index is 13.7. The Morgan fingerprint density at radius 1 is 1.12 bits per heavy atom. The standard InChI is InChI=1S/C18H20F2N6/c1-18(2,3)26-11-12(9-23-26)24-17-21-8-7-16(25-17)22-10-13-14(19)5-4-6-15(13)20/h4-9,11H,10H2,1-3H3,(H2,21,22,24,25). The summed E-state index contributed by atoms with van der Waals surface area (Å²) in [5.41, 5.74) is 0.581. The molecule has 2 heterocycles. The minimum atomic E-state index is -0.598. The number of anilines is 3. The summed E-state index contributed by atoms with van der Waals surface area (Å²) in [6.07, 6.45) is 5.10. The molecular weight excluding hydrogens is 338 g/mol. The average molecular weight is 358 g/mol. The first-order valence-electron chi connectivity index (χ1n) is 8.15. The van der Waals surface area contributed by atoms with Gasteiger partial charge in [-0.25, -0.2) is 13.8 Å². The summed E-state index contributed by atoms with van der Waals surface area (Å²) in [5.74, 6) is -0.384. The van der Waals surface area contributed by atoms with Gasteiger partial charge in [-0.05, 0) is 39.0 Å². The Hall–Kier alpha value is -3.03. The number of aromatic nitrogens is 4. The largest absolute Gasteiger partial charge is 0.366 e. The topological polar surface area (TPSA) is 67.7 Å². The first-order valence-corrected chi connectivity index (χ1v) is 8.15. The van der Waals surface area contributed by atoms with E-state index in [9.17, 15) is 8.78 Å². The Balaban J connectivity index is 1.69. The summed E-state index contributed by atoms with van der Waals surface area (Å²) < 4.78 is 29.2. The predicted octanol–water partition coefficient (Wildman–Crippen LogP) is 4.06. The third-order valence-electron chi connectivity index (χ3n) is 3.69. The lowest BCUT2D eigenvalue weighted by molar-refractivity contribution is 0.355. The quantitative estimate of drug-likeness (QED) is 0.720. The monoisotopic (exact) mass is 358 g/mol. The van der Waals surface area contributed by atoms with Gasteiger partial charge < -0.3 is 10.6 Å². The molecule has 0 saturated carbocycles. The first-order chi connectivity index (χ1) is 12.3. The summed E-state index contributed by atoms with van der Waals surface area (Å²) in [6.45, 7) is 6.13. The molecule has 2 aromatic heterocycles. The Bertz CT molecular complexity index is 880. The van der Waals surface area contributed by atoms with Crippen LogP contribution in [0.4, 0.5) is 26.2 Å². The van der Waals surface area contributed by atoms with Crippen molar-refractivity contribution in [3.05, 3.63) is 60.1 Å². The second-order valence-electron chi connectivity index (χ2n) is 6.79. The number of nitrogens with zero attached hydrogens (tertiary/aromatic N) is 4.